The Hall–Kier alpha value is -3.71. The van der Waals surface area contributed by atoms with E-state index in [4.69, 9.17) is 14.2 Å². The number of fused-ring (bicyclic) bond motifs is 1. The lowest BCUT2D eigenvalue weighted by molar-refractivity contribution is -0.150. The molecule has 0 radical (unpaired) electrons. The SMILES string of the molecule is O=C(OCc1cc(F)cc2c1OC(c1ccccc1)OC2)C1CC(=O)N(CCc2ccccc2)C1. The third-order valence-electron chi connectivity index (χ3n) is 6.33. The van der Waals surface area contributed by atoms with Crippen molar-refractivity contribution in [1.29, 1.82) is 0 Å². The molecule has 0 aromatic heterocycles. The van der Waals surface area contributed by atoms with E-state index in [0.717, 1.165) is 17.5 Å². The van der Waals surface area contributed by atoms with Gasteiger partial charge in [-0.1, -0.05) is 60.7 Å². The molecule has 5 rings (SSSR count). The van der Waals surface area contributed by atoms with Crippen LogP contribution in [0.1, 0.15) is 35.0 Å². The molecule has 2 unspecified atom stereocenters. The number of hydrogen-bond acceptors (Lipinski definition) is 5. The molecule has 1 amide bonds. The van der Waals surface area contributed by atoms with Gasteiger partial charge in [0.05, 0.1) is 12.5 Å². The summed E-state index contributed by atoms with van der Waals surface area (Å²) in [6.45, 7) is 0.918. The second kappa shape index (κ2) is 10.3. The second-order valence-corrected chi connectivity index (χ2v) is 8.81. The first-order valence-electron chi connectivity index (χ1n) is 11.7. The van der Waals surface area contributed by atoms with Gasteiger partial charge in [0.15, 0.2) is 0 Å². The number of ether oxygens (including phenoxy) is 3. The molecular weight excluding hydrogens is 449 g/mol. The minimum Gasteiger partial charge on any atom is -0.460 e. The summed E-state index contributed by atoms with van der Waals surface area (Å²) in [7, 11) is 0. The average Bonchev–Trinajstić information content (AvgIpc) is 3.27. The molecule has 1 fully saturated rings. The molecule has 3 aromatic rings. The van der Waals surface area contributed by atoms with Crippen molar-refractivity contribution in [2.45, 2.75) is 32.3 Å². The normalized spacial score (nSPS) is 19.2. The van der Waals surface area contributed by atoms with Crippen LogP contribution in [0.2, 0.25) is 0 Å². The van der Waals surface area contributed by atoms with Crippen LogP contribution in [0.3, 0.4) is 0 Å². The van der Waals surface area contributed by atoms with E-state index in [0.29, 0.717) is 30.0 Å². The van der Waals surface area contributed by atoms with Crippen LogP contribution in [-0.2, 0) is 38.7 Å². The lowest BCUT2D eigenvalue weighted by atomic mass is 10.1. The Kier molecular flexibility index (Phi) is 6.77. The van der Waals surface area contributed by atoms with Crippen LogP contribution in [0, 0.1) is 11.7 Å². The summed E-state index contributed by atoms with van der Waals surface area (Å²) in [5.74, 6) is -1.05. The third kappa shape index (κ3) is 5.35. The highest BCUT2D eigenvalue weighted by atomic mass is 19.1. The first kappa shape index (κ1) is 23.1. The van der Waals surface area contributed by atoms with E-state index in [1.807, 2.05) is 60.7 Å². The van der Waals surface area contributed by atoms with Crippen molar-refractivity contribution < 1.29 is 28.2 Å². The molecular formula is C28H26FNO5. The molecule has 0 spiro atoms. The van der Waals surface area contributed by atoms with Gasteiger partial charge in [-0.25, -0.2) is 4.39 Å². The van der Waals surface area contributed by atoms with Crippen LogP contribution in [0.15, 0.2) is 72.8 Å². The van der Waals surface area contributed by atoms with Crippen molar-refractivity contribution in [3.05, 3.63) is 101 Å². The van der Waals surface area contributed by atoms with Gasteiger partial charge in [0.25, 0.3) is 0 Å². The van der Waals surface area contributed by atoms with Gasteiger partial charge in [0.2, 0.25) is 12.2 Å². The lowest BCUT2D eigenvalue weighted by Crippen LogP contribution is -2.29. The summed E-state index contributed by atoms with van der Waals surface area (Å²) < 4.78 is 31.5. The summed E-state index contributed by atoms with van der Waals surface area (Å²) in [6, 6.07) is 22.0. The van der Waals surface area contributed by atoms with Gasteiger partial charge in [0.1, 0.15) is 18.2 Å². The van der Waals surface area contributed by atoms with E-state index in [-0.39, 0.29) is 25.5 Å². The monoisotopic (exact) mass is 475 g/mol. The topological polar surface area (TPSA) is 65.1 Å². The van der Waals surface area contributed by atoms with E-state index in [2.05, 4.69) is 0 Å². The molecule has 35 heavy (non-hydrogen) atoms. The van der Waals surface area contributed by atoms with Gasteiger partial charge in [-0.15, -0.1) is 0 Å². The molecule has 3 aromatic carbocycles. The zero-order valence-electron chi connectivity index (χ0n) is 19.2. The predicted octanol–water partition coefficient (Wildman–Crippen LogP) is 4.57. The van der Waals surface area contributed by atoms with Crippen molar-refractivity contribution in [2.24, 2.45) is 5.92 Å². The Morgan fingerprint density at radius 1 is 1.06 bits per heavy atom. The highest BCUT2D eigenvalue weighted by Gasteiger charge is 2.35. The Morgan fingerprint density at radius 2 is 1.80 bits per heavy atom. The maximum atomic E-state index is 14.2. The molecule has 7 heteroatoms. The maximum absolute atomic E-state index is 14.2. The molecule has 180 valence electrons. The number of carbonyl (C=O) groups is 2. The van der Waals surface area contributed by atoms with Crippen LogP contribution in [0.25, 0.3) is 0 Å². The molecule has 0 aliphatic carbocycles. The number of nitrogens with zero attached hydrogens (tertiary/aromatic N) is 1. The van der Waals surface area contributed by atoms with Gasteiger partial charge in [-0.3, -0.25) is 9.59 Å². The summed E-state index contributed by atoms with van der Waals surface area (Å²) in [6.07, 6.45) is 0.218. The van der Waals surface area contributed by atoms with E-state index < -0.39 is 24.0 Å². The molecule has 0 N–H and O–H groups in total. The molecule has 2 aliphatic heterocycles. The molecule has 1 saturated heterocycles. The largest absolute Gasteiger partial charge is 0.460 e. The first-order valence-corrected chi connectivity index (χ1v) is 11.7. The second-order valence-electron chi connectivity index (χ2n) is 8.81. The maximum Gasteiger partial charge on any atom is 0.311 e. The van der Waals surface area contributed by atoms with Gasteiger partial charge in [-0.2, -0.15) is 0 Å². The van der Waals surface area contributed by atoms with Crippen molar-refractivity contribution >= 4 is 11.9 Å². The fourth-order valence-electron chi connectivity index (χ4n) is 4.48. The van der Waals surface area contributed by atoms with Crippen molar-refractivity contribution in [3.8, 4) is 5.75 Å². The van der Waals surface area contributed by atoms with Gasteiger partial charge < -0.3 is 19.1 Å². The van der Waals surface area contributed by atoms with Crippen molar-refractivity contribution in [1.82, 2.24) is 4.90 Å². The molecule has 0 bridgehead atoms. The fraction of sp³-hybridized carbons (Fsp3) is 0.286. The van der Waals surface area contributed by atoms with E-state index >= 15 is 0 Å². The number of esters is 1. The van der Waals surface area contributed by atoms with Gasteiger partial charge in [-0.05, 0) is 24.1 Å². The van der Waals surface area contributed by atoms with Crippen LogP contribution >= 0.6 is 0 Å². The van der Waals surface area contributed by atoms with Gasteiger partial charge in [0, 0.05) is 36.2 Å². The molecule has 0 saturated carbocycles. The predicted molar refractivity (Wildman–Crippen MR) is 126 cm³/mol. The van der Waals surface area contributed by atoms with E-state index in [1.54, 1.807) is 4.90 Å². The molecule has 2 heterocycles. The molecule has 2 atom stereocenters. The quantitative estimate of drug-likeness (QED) is 0.469. The van der Waals surface area contributed by atoms with Crippen LogP contribution in [0.5, 0.6) is 5.75 Å². The van der Waals surface area contributed by atoms with Gasteiger partial charge >= 0.3 is 5.97 Å². The lowest BCUT2D eigenvalue weighted by Gasteiger charge is -2.28. The number of amides is 1. The summed E-state index contributed by atoms with van der Waals surface area (Å²) in [5, 5.41) is 0. The number of hydrogen-bond donors (Lipinski definition) is 0. The summed E-state index contributed by atoms with van der Waals surface area (Å²) in [4.78, 5) is 26.9. The minimum absolute atomic E-state index is 0.0581. The zero-order chi connectivity index (χ0) is 24.2. The van der Waals surface area contributed by atoms with Crippen molar-refractivity contribution in [3.63, 3.8) is 0 Å². The van der Waals surface area contributed by atoms with Crippen molar-refractivity contribution in [2.75, 3.05) is 13.1 Å². The van der Waals surface area contributed by atoms with Crippen LogP contribution in [0.4, 0.5) is 4.39 Å². The Balaban J connectivity index is 1.21. The standard InChI is InChI=1S/C28H26FNO5/c29-24-13-22(26-23(14-24)18-34-28(35-26)20-9-5-2-6-10-20)17-33-27(32)21-15-25(31)30(16-21)12-11-19-7-3-1-4-8-19/h1-10,13-14,21,28H,11-12,15-18H2. The highest BCUT2D eigenvalue weighted by Crippen LogP contribution is 2.37. The summed E-state index contributed by atoms with van der Waals surface area (Å²) in [5.41, 5.74) is 2.97. The number of benzene rings is 3. The molecule has 2 aliphatic rings. The van der Waals surface area contributed by atoms with Crippen LogP contribution < -0.4 is 4.74 Å². The smallest absolute Gasteiger partial charge is 0.311 e. The molecule has 6 nitrogen and oxygen atoms in total. The summed E-state index contributed by atoms with van der Waals surface area (Å²) >= 11 is 0. The zero-order valence-corrected chi connectivity index (χ0v) is 19.2. The van der Waals surface area contributed by atoms with E-state index in [9.17, 15) is 14.0 Å². The number of carbonyl (C=O) groups excluding carboxylic acids is 2. The number of rotatable bonds is 7. The fourth-order valence-corrected chi connectivity index (χ4v) is 4.48. The third-order valence-corrected chi connectivity index (χ3v) is 6.33. The number of halogens is 1. The van der Waals surface area contributed by atoms with E-state index in [1.165, 1.54) is 12.1 Å². The number of likely N-dealkylation sites (tertiary alicyclic amines) is 1. The Labute approximate surface area is 203 Å². The highest BCUT2D eigenvalue weighted by molar-refractivity contribution is 5.86. The Bertz CT molecular complexity index is 1200. The Morgan fingerprint density at radius 3 is 2.57 bits per heavy atom. The van der Waals surface area contributed by atoms with Crippen LogP contribution in [-0.4, -0.2) is 29.9 Å². The average molecular weight is 476 g/mol. The first-order chi connectivity index (χ1) is 17.1. The minimum atomic E-state index is -0.630.